The van der Waals surface area contributed by atoms with Crippen LogP contribution in [0.2, 0.25) is 0 Å². The predicted molar refractivity (Wildman–Crippen MR) is 95.5 cm³/mol. The fourth-order valence-electron chi connectivity index (χ4n) is 4.40. The van der Waals surface area contributed by atoms with E-state index in [0.29, 0.717) is 5.69 Å². The number of sulfonamides is 1. The zero-order valence-electron chi connectivity index (χ0n) is 14.5. The molecule has 1 aromatic rings. The quantitative estimate of drug-likeness (QED) is 0.572. The molecule has 1 aliphatic heterocycles. The normalized spacial score (nSPS) is 29.9. The fraction of sp³-hybridized carbons (Fsp3) is 0.389. The lowest BCUT2D eigenvalue weighted by Gasteiger charge is -2.23. The van der Waals surface area contributed by atoms with Crippen LogP contribution in [0.1, 0.15) is 13.3 Å². The number of fused-ring (bicyclic) bond motifs is 5. The third kappa shape index (κ3) is 2.78. The van der Waals surface area contributed by atoms with Crippen molar-refractivity contribution in [2.24, 2.45) is 28.8 Å². The molecule has 0 unspecified atom stereocenters. The van der Waals surface area contributed by atoms with Gasteiger partial charge >= 0.3 is 0 Å². The van der Waals surface area contributed by atoms with E-state index >= 15 is 0 Å². The molecule has 0 aromatic heterocycles. The molecule has 9 heteroatoms. The van der Waals surface area contributed by atoms with Crippen molar-refractivity contribution in [3.8, 4) is 0 Å². The van der Waals surface area contributed by atoms with Gasteiger partial charge in [-0.1, -0.05) is 12.2 Å². The molecule has 1 saturated heterocycles. The average molecular weight is 389 g/mol. The van der Waals surface area contributed by atoms with Gasteiger partial charge in [0.2, 0.25) is 27.7 Å². The number of primary sulfonamides is 1. The first kappa shape index (κ1) is 17.9. The number of hydrogen-bond donors (Lipinski definition) is 2. The number of amides is 3. The standard InChI is InChI=1S/C18H19N3O5S/c1-9(16(22)20-12-4-6-13(7-5-12)27(19,25)26)21-17(23)14-10-2-3-11(8-10)15(14)18(21)24/h2-7,9-11,14-15H,8H2,1H3,(H,20,22)(H2,19,25,26)/t9-,10+,11+,14-,15+/m1/s1. The SMILES string of the molecule is C[C@H](C(=O)Nc1ccc(S(N)(=O)=O)cc1)N1C(=O)[C@@H]2[C@H](C1=O)[C@H]1C=C[C@H]2C1. The number of anilines is 1. The van der Waals surface area contributed by atoms with Gasteiger partial charge in [0.1, 0.15) is 6.04 Å². The van der Waals surface area contributed by atoms with E-state index in [2.05, 4.69) is 5.32 Å². The Morgan fingerprint density at radius 1 is 1.11 bits per heavy atom. The molecule has 1 aromatic carbocycles. The third-order valence-electron chi connectivity index (χ3n) is 5.72. The van der Waals surface area contributed by atoms with Gasteiger partial charge in [-0.3, -0.25) is 19.3 Å². The Hall–Kier alpha value is -2.52. The third-order valence-corrected chi connectivity index (χ3v) is 6.65. The molecule has 8 nitrogen and oxygen atoms in total. The molecule has 1 heterocycles. The van der Waals surface area contributed by atoms with Crippen LogP contribution in [-0.4, -0.2) is 37.1 Å². The molecule has 27 heavy (non-hydrogen) atoms. The Labute approximate surface area is 156 Å². The molecule has 0 spiro atoms. The molecule has 4 rings (SSSR count). The van der Waals surface area contributed by atoms with E-state index in [1.165, 1.54) is 31.2 Å². The van der Waals surface area contributed by atoms with Crippen LogP contribution in [0.25, 0.3) is 0 Å². The smallest absolute Gasteiger partial charge is 0.247 e. The van der Waals surface area contributed by atoms with Gasteiger partial charge in [0.25, 0.3) is 0 Å². The van der Waals surface area contributed by atoms with E-state index in [0.717, 1.165) is 11.3 Å². The van der Waals surface area contributed by atoms with Crippen LogP contribution in [0.15, 0.2) is 41.3 Å². The summed E-state index contributed by atoms with van der Waals surface area (Å²) in [6, 6.07) is 4.40. The highest BCUT2D eigenvalue weighted by Crippen LogP contribution is 2.52. The number of hydrogen-bond acceptors (Lipinski definition) is 5. The van der Waals surface area contributed by atoms with Crippen molar-refractivity contribution in [2.75, 3.05) is 5.32 Å². The van der Waals surface area contributed by atoms with E-state index in [1.54, 1.807) is 0 Å². The van der Waals surface area contributed by atoms with Crippen molar-refractivity contribution in [1.29, 1.82) is 0 Å². The van der Waals surface area contributed by atoms with Crippen LogP contribution in [0.5, 0.6) is 0 Å². The summed E-state index contributed by atoms with van der Waals surface area (Å²) in [6.07, 6.45) is 4.83. The maximum Gasteiger partial charge on any atom is 0.247 e. The Balaban J connectivity index is 1.48. The summed E-state index contributed by atoms with van der Waals surface area (Å²) in [5, 5.41) is 7.65. The van der Waals surface area contributed by atoms with Crippen molar-refractivity contribution >= 4 is 33.4 Å². The number of nitrogens with zero attached hydrogens (tertiary/aromatic N) is 1. The summed E-state index contributed by atoms with van der Waals surface area (Å²) in [5.41, 5.74) is 0.347. The minimum absolute atomic E-state index is 0.0748. The number of nitrogens with two attached hydrogens (primary N) is 1. The van der Waals surface area contributed by atoms with Crippen molar-refractivity contribution in [1.82, 2.24) is 4.90 Å². The van der Waals surface area contributed by atoms with E-state index in [1.807, 2.05) is 12.2 Å². The molecule has 5 atom stereocenters. The summed E-state index contributed by atoms with van der Waals surface area (Å²) in [6.45, 7) is 1.51. The van der Waals surface area contributed by atoms with Crippen LogP contribution in [0.3, 0.4) is 0 Å². The summed E-state index contributed by atoms with van der Waals surface area (Å²) in [7, 11) is -3.82. The van der Waals surface area contributed by atoms with Crippen molar-refractivity contribution in [2.45, 2.75) is 24.3 Å². The second-order valence-electron chi connectivity index (χ2n) is 7.28. The Bertz CT molecular complexity index is 939. The molecule has 3 aliphatic rings. The van der Waals surface area contributed by atoms with Gasteiger partial charge in [-0.25, -0.2) is 13.6 Å². The molecule has 1 saturated carbocycles. The number of carbonyl (C=O) groups excluding carboxylic acids is 3. The summed E-state index contributed by atoms with van der Waals surface area (Å²) >= 11 is 0. The first-order valence-electron chi connectivity index (χ1n) is 8.67. The number of allylic oxidation sites excluding steroid dienone is 2. The molecular formula is C18H19N3O5S. The van der Waals surface area contributed by atoms with Gasteiger partial charge in [-0.05, 0) is 49.4 Å². The number of nitrogens with one attached hydrogen (secondary N) is 1. The maximum absolute atomic E-state index is 12.8. The lowest BCUT2D eigenvalue weighted by Crippen LogP contribution is -2.46. The molecule has 142 valence electrons. The first-order chi connectivity index (χ1) is 12.7. The van der Waals surface area contributed by atoms with Gasteiger partial charge in [-0.15, -0.1) is 0 Å². The van der Waals surface area contributed by atoms with E-state index in [9.17, 15) is 22.8 Å². The monoisotopic (exact) mass is 389 g/mol. The topological polar surface area (TPSA) is 127 Å². The predicted octanol–water partition coefficient (Wildman–Crippen LogP) is 0.468. The van der Waals surface area contributed by atoms with Gasteiger partial charge in [0.15, 0.2) is 0 Å². The molecule has 2 fully saturated rings. The minimum Gasteiger partial charge on any atom is -0.324 e. The summed E-state index contributed by atoms with van der Waals surface area (Å²) < 4.78 is 22.6. The molecule has 3 N–H and O–H groups in total. The van der Waals surface area contributed by atoms with Crippen LogP contribution < -0.4 is 10.5 Å². The molecule has 0 radical (unpaired) electrons. The second-order valence-corrected chi connectivity index (χ2v) is 8.84. The summed E-state index contributed by atoms with van der Waals surface area (Å²) in [4.78, 5) is 39.1. The Kier molecular flexibility index (Phi) is 3.97. The summed E-state index contributed by atoms with van der Waals surface area (Å²) in [5.74, 6) is -1.61. The zero-order chi connectivity index (χ0) is 19.5. The highest BCUT2D eigenvalue weighted by molar-refractivity contribution is 7.89. The van der Waals surface area contributed by atoms with Gasteiger partial charge < -0.3 is 5.32 Å². The van der Waals surface area contributed by atoms with Crippen LogP contribution in [0, 0.1) is 23.7 Å². The molecular weight excluding hydrogens is 370 g/mol. The largest absolute Gasteiger partial charge is 0.324 e. The van der Waals surface area contributed by atoms with Crippen LogP contribution in [-0.2, 0) is 24.4 Å². The average Bonchev–Trinajstić information content (AvgIpc) is 3.28. The van der Waals surface area contributed by atoms with E-state index in [4.69, 9.17) is 5.14 Å². The maximum atomic E-state index is 12.8. The van der Waals surface area contributed by atoms with Crippen molar-refractivity contribution in [3.63, 3.8) is 0 Å². The molecule has 3 amide bonds. The van der Waals surface area contributed by atoms with Crippen molar-refractivity contribution in [3.05, 3.63) is 36.4 Å². The fourth-order valence-corrected chi connectivity index (χ4v) is 4.91. The van der Waals surface area contributed by atoms with Gasteiger partial charge in [0, 0.05) is 5.69 Å². The number of rotatable bonds is 4. The second kappa shape index (κ2) is 6.00. The zero-order valence-corrected chi connectivity index (χ0v) is 15.3. The van der Waals surface area contributed by atoms with E-state index < -0.39 is 22.0 Å². The first-order valence-corrected chi connectivity index (χ1v) is 10.2. The van der Waals surface area contributed by atoms with Crippen LogP contribution in [0.4, 0.5) is 5.69 Å². The number of imide groups is 1. The van der Waals surface area contributed by atoms with Crippen molar-refractivity contribution < 1.29 is 22.8 Å². The van der Waals surface area contributed by atoms with Crippen LogP contribution >= 0.6 is 0 Å². The Morgan fingerprint density at radius 2 is 1.63 bits per heavy atom. The highest BCUT2D eigenvalue weighted by atomic mass is 32.2. The highest BCUT2D eigenvalue weighted by Gasteiger charge is 2.60. The van der Waals surface area contributed by atoms with Gasteiger partial charge in [-0.2, -0.15) is 0 Å². The lowest BCUT2D eigenvalue weighted by molar-refractivity contribution is -0.146. The minimum atomic E-state index is -3.82. The number of carbonyl (C=O) groups is 3. The van der Waals surface area contributed by atoms with Gasteiger partial charge in [0.05, 0.1) is 16.7 Å². The molecule has 2 bridgehead atoms. The molecule has 2 aliphatic carbocycles. The lowest BCUT2D eigenvalue weighted by atomic mass is 9.85. The number of likely N-dealkylation sites (tertiary alicyclic amines) is 1. The van der Waals surface area contributed by atoms with E-state index in [-0.39, 0.29) is 40.4 Å². The number of benzene rings is 1. The Morgan fingerprint density at radius 3 is 2.11 bits per heavy atom.